The van der Waals surface area contributed by atoms with Crippen LogP contribution >= 0.6 is 0 Å². The van der Waals surface area contributed by atoms with Crippen molar-refractivity contribution in [3.63, 3.8) is 0 Å². The van der Waals surface area contributed by atoms with Gasteiger partial charge in [0.25, 0.3) is 0 Å². The molecule has 1 aromatic carbocycles. The van der Waals surface area contributed by atoms with Crippen molar-refractivity contribution in [1.82, 2.24) is 34.7 Å². The smallest absolute Gasteiger partial charge is 0.229 e. The Labute approximate surface area is 209 Å². The Balaban J connectivity index is 1.28. The summed E-state index contributed by atoms with van der Waals surface area (Å²) in [6, 6.07) is 14.2. The minimum atomic E-state index is -0.210. The van der Waals surface area contributed by atoms with E-state index in [-0.39, 0.29) is 5.82 Å². The van der Waals surface area contributed by atoms with Gasteiger partial charge in [0.2, 0.25) is 5.95 Å². The average Bonchev–Trinajstić information content (AvgIpc) is 2.88. The molecule has 3 aromatic heterocycles. The molecular weight excluding hydrogens is 457 g/mol. The minimum Gasteiger partial charge on any atom is -0.325 e. The molecule has 2 N–H and O–H groups in total. The van der Waals surface area contributed by atoms with Crippen LogP contribution in [-0.2, 0) is 6.54 Å². The van der Waals surface area contributed by atoms with Crippen LogP contribution in [0.4, 0.5) is 27.7 Å². The summed E-state index contributed by atoms with van der Waals surface area (Å²) < 4.78 is 14.5. The highest BCUT2D eigenvalue weighted by atomic mass is 19.1. The van der Waals surface area contributed by atoms with Crippen molar-refractivity contribution in [3.05, 3.63) is 78.0 Å². The van der Waals surface area contributed by atoms with Gasteiger partial charge in [-0.3, -0.25) is 4.90 Å². The molecule has 1 aliphatic rings. The van der Waals surface area contributed by atoms with Crippen molar-refractivity contribution in [2.45, 2.75) is 13.5 Å². The lowest BCUT2D eigenvalue weighted by molar-refractivity contribution is 0.147. The molecule has 4 aromatic rings. The quantitative estimate of drug-likeness (QED) is 0.403. The van der Waals surface area contributed by atoms with Crippen molar-refractivity contribution < 1.29 is 4.39 Å². The molecule has 4 heterocycles. The fourth-order valence-corrected chi connectivity index (χ4v) is 3.99. The molecule has 184 valence electrons. The van der Waals surface area contributed by atoms with Crippen LogP contribution in [0.15, 0.2) is 60.9 Å². The summed E-state index contributed by atoms with van der Waals surface area (Å²) in [5.74, 6) is 1.86. The van der Waals surface area contributed by atoms with Crippen LogP contribution in [0, 0.1) is 12.7 Å². The Hall–Kier alpha value is -4.02. The zero-order chi connectivity index (χ0) is 24.9. The molecule has 0 spiro atoms. The third kappa shape index (κ3) is 5.96. The zero-order valence-electron chi connectivity index (χ0n) is 20.3. The molecule has 0 radical (unpaired) electrons. The van der Waals surface area contributed by atoms with Gasteiger partial charge in [0, 0.05) is 62.1 Å². The number of halogens is 1. The van der Waals surface area contributed by atoms with Crippen LogP contribution in [-0.4, -0.2) is 67.9 Å². The Morgan fingerprint density at radius 3 is 2.44 bits per heavy atom. The zero-order valence-corrected chi connectivity index (χ0v) is 20.3. The van der Waals surface area contributed by atoms with Gasteiger partial charge >= 0.3 is 0 Å². The Morgan fingerprint density at radius 2 is 1.64 bits per heavy atom. The molecule has 36 heavy (non-hydrogen) atoms. The van der Waals surface area contributed by atoms with E-state index < -0.39 is 0 Å². The lowest BCUT2D eigenvalue weighted by Crippen LogP contribution is -2.44. The third-order valence-corrected chi connectivity index (χ3v) is 5.98. The number of nitrogens with one attached hydrogen (secondary N) is 2. The van der Waals surface area contributed by atoms with Crippen LogP contribution in [0.3, 0.4) is 0 Å². The van der Waals surface area contributed by atoms with Crippen LogP contribution in [0.1, 0.15) is 11.3 Å². The SMILES string of the molecule is Cc1cccc(-c2nccc(Nc3ccnc(Nc4ccc(F)c(CN5CCN(C)CC5)c4)n3)n2)n1. The van der Waals surface area contributed by atoms with Crippen molar-refractivity contribution in [3.8, 4) is 11.5 Å². The van der Waals surface area contributed by atoms with Gasteiger partial charge in [0.15, 0.2) is 5.82 Å². The van der Waals surface area contributed by atoms with Crippen LogP contribution in [0.25, 0.3) is 11.5 Å². The summed E-state index contributed by atoms with van der Waals surface area (Å²) in [7, 11) is 2.11. The van der Waals surface area contributed by atoms with E-state index >= 15 is 0 Å². The second-order valence-corrected chi connectivity index (χ2v) is 8.83. The molecule has 0 amide bonds. The molecule has 10 heteroatoms. The predicted molar refractivity (Wildman–Crippen MR) is 138 cm³/mol. The molecule has 9 nitrogen and oxygen atoms in total. The van der Waals surface area contributed by atoms with Gasteiger partial charge in [-0.15, -0.1) is 0 Å². The van der Waals surface area contributed by atoms with Crippen molar-refractivity contribution in [1.29, 1.82) is 0 Å². The topological polar surface area (TPSA) is 95.0 Å². The van der Waals surface area contributed by atoms with E-state index in [1.165, 1.54) is 6.07 Å². The summed E-state index contributed by atoms with van der Waals surface area (Å²) in [5.41, 5.74) is 2.98. The number of likely N-dealkylation sites (N-methyl/N-ethyl adjacent to an activating group) is 1. The molecule has 1 aliphatic heterocycles. The predicted octanol–water partition coefficient (Wildman–Crippen LogP) is 4.01. The number of hydrogen-bond acceptors (Lipinski definition) is 9. The summed E-state index contributed by atoms with van der Waals surface area (Å²) in [4.78, 5) is 26.8. The average molecular weight is 486 g/mol. The number of pyridine rings is 1. The lowest BCUT2D eigenvalue weighted by Gasteiger charge is -2.32. The largest absolute Gasteiger partial charge is 0.325 e. The van der Waals surface area contributed by atoms with Gasteiger partial charge < -0.3 is 15.5 Å². The number of rotatable bonds is 7. The van der Waals surface area contributed by atoms with E-state index in [0.717, 1.165) is 37.6 Å². The van der Waals surface area contributed by atoms with E-state index in [1.54, 1.807) is 30.6 Å². The molecule has 1 saturated heterocycles. The number of anilines is 4. The minimum absolute atomic E-state index is 0.210. The van der Waals surface area contributed by atoms with E-state index in [2.05, 4.69) is 52.4 Å². The normalized spacial score (nSPS) is 14.5. The summed E-state index contributed by atoms with van der Waals surface area (Å²) in [5, 5.41) is 6.38. The molecule has 0 bridgehead atoms. The molecule has 0 unspecified atom stereocenters. The van der Waals surface area contributed by atoms with Crippen molar-refractivity contribution in [2.24, 2.45) is 0 Å². The maximum Gasteiger partial charge on any atom is 0.229 e. The van der Waals surface area contributed by atoms with Gasteiger partial charge in [-0.25, -0.2) is 24.3 Å². The van der Waals surface area contributed by atoms with E-state index in [9.17, 15) is 4.39 Å². The summed E-state index contributed by atoms with van der Waals surface area (Å²) in [6.45, 7) is 6.33. The summed E-state index contributed by atoms with van der Waals surface area (Å²) in [6.07, 6.45) is 3.33. The molecular formula is C26H28FN9. The van der Waals surface area contributed by atoms with Crippen molar-refractivity contribution in [2.75, 3.05) is 43.9 Å². The number of nitrogens with zero attached hydrogens (tertiary/aromatic N) is 7. The van der Waals surface area contributed by atoms with Crippen LogP contribution in [0.5, 0.6) is 0 Å². The highest BCUT2D eigenvalue weighted by Gasteiger charge is 2.16. The first-order chi connectivity index (χ1) is 17.5. The monoisotopic (exact) mass is 485 g/mol. The lowest BCUT2D eigenvalue weighted by atomic mass is 10.1. The third-order valence-electron chi connectivity index (χ3n) is 5.98. The molecule has 1 fully saturated rings. The number of benzene rings is 1. The Kier molecular flexibility index (Phi) is 7.06. The Bertz CT molecular complexity index is 1340. The van der Waals surface area contributed by atoms with E-state index in [1.807, 2.05) is 31.2 Å². The number of aryl methyl sites for hydroxylation is 1. The van der Waals surface area contributed by atoms with E-state index in [4.69, 9.17) is 0 Å². The second-order valence-electron chi connectivity index (χ2n) is 8.83. The van der Waals surface area contributed by atoms with Crippen LogP contribution in [0.2, 0.25) is 0 Å². The second kappa shape index (κ2) is 10.7. The van der Waals surface area contributed by atoms with Gasteiger partial charge in [-0.1, -0.05) is 6.07 Å². The highest BCUT2D eigenvalue weighted by Crippen LogP contribution is 2.22. The van der Waals surface area contributed by atoms with Crippen molar-refractivity contribution >= 4 is 23.3 Å². The van der Waals surface area contributed by atoms with E-state index in [0.29, 0.717) is 41.2 Å². The maximum absolute atomic E-state index is 14.5. The molecule has 0 aliphatic carbocycles. The fraction of sp³-hybridized carbons (Fsp3) is 0.269. The number of hydrogen-bond donors (Lipinski definition) is 2. The van der Waals surface area contributed by atoms with Gasteiger partial charge in [-0.05, 0) is 56.4 Å². The molecule has 0 saturated carbocycles. The summed E-state index contributed by atoms with van der Waals surface area (Å²) >= 11 is 0. The number of piperazine rings is 1. The first-order valence-electron chi connectivity index (χ1n) is 11.9. The van der Waals surface area contributed by atoms with Gasteiger partial charge in [0.1, 0.15) is 23.1 Å². The Morgan fingerprint density at radius 1 is 0.861 bits per heavy atom. The number of aromatic nitrogens is 5. The van der Waals surface area contributed by atoms with Crippen LogP contribution < -0.4 is 10.6 Å². The molecule has 0 atom stereocenters. The maximum atomic E-state index is 14.5. The van der Waals surface area contributed by atoms with Gasteiger partial charge in [0.05, 0.1) is 0 Å². The first kappa shape index (κ1) is 23.7. The van der Waals surface area contributed by atoms with Gasteiger partial charge in [-0.2, -0.15) is 4.98 Å². The first-order valence-corrected chi connectivity index (χ1v) is 11.9. The molecule has 5 rings (SSSR count). The fourth-order valence-electron chi connectivity index (χ4n) is 3.99. The standard InChI is InChI=1S/C26H28FN9/c1-18-4-3-5-22(30-18)25-28-10-8-23(33-25)32-24-9-11-29-26(34-24)31-20-6-7-21(27)19(16-20)17-36-14-12-35(2)13-15-36/h3-11,16H,12-15,17H2,1-2H3,(H2,28,29,31,32,33,34). The highest BCUT2D eigenvalue weighted by molar-refractivity contribution is 5.59.